The highest BCUT2D eigenvalue weighted by Gasteiger charge is 2.71. The highest BCUT2D eigenvalue weighted by molar-refractivity contribution is 5.95. The van der Waals surface area contributed by atoms with Gasteiger partial charge < -0.3 is 20.8 Å². The standard InChI is InChI=1S/C46H62N2O5/c1-28(2)32-17-22-46(41(53)48-26-29-11-10-13-30(25-29)39(50)47-27-31-12-8-9-14-33(31)40(51)52)24-23-44(6)34(38(32)46)15-16-36-43(5)20-19-37(49)42(3,4)35(43)18-21-45(36,44)7/h8-14,25,32,34-38,49H,1,15-24,26-27H2,2-7H3,(H,47,50)(H,48,53)(H,51,52)/t32-,34?,35?,36+,37-,38+,43-,44+,45+,46-/m0/s1. The summed E-state index contributed by atoms with van der Waals surface area (Å²) in [4.78, 5) is 39.5. The SMILES string of the molecule is C=C(C)[C@@H]1CC[C@]2(C(=O)NCc3cccc(C(=O)NCc4ccccc4C(=O)O)c3)CC[C@]3(C)C(CC[C@@H]4[C@@]5(C)CC[C@H](O)C(C)(C)C5CC[C@]43C)[C@@H]12. The molecule has 4 N–H and O–H groups in total. The molecule has 2 aromatic carbocycles. The number of carbonyl (C=O) groups is 3. The molecule has 7 heteroatoms. The molecular formula is C46H62N2O5. The van der Waals surface area contributed by atoms with Crippen molar-refractivity contribution in [1.82, 2.24) is 10.6 Å². The van der Waals surface area contributed by atoms with E-state index >= 15 is 0 Å². The van der Waals surface area contributed by atoms with Crippen LogP contribution in [0.4, 0.5) is 0 Å². The Morgan fingerprint density at radius 1 is 0.792 bits per heavy atom. The number of carbonyl (C=O) groups excluding carboxylic acids is 2. The van der Waals surface area contributed by atoms with Gasteiger partial charge in [-0.05, 0) is 152 Å². The second-order valence-corrected chi connectivity index (χ2v) is 19.2. The van der Waals surface area contributed by atoms with E-state index in [0.29, 0.717) is 41.3 Å². The molecule has 0 spiro atoms. The quantitative estimate of drug-likeness (QED) is 0.203. The Kier molecular flexibility index (Phi) is 9.56. The number of hydrogen-bond acceptors (Lipinski definition) is 4. The van der Waals surface area contributed by atoms with Crippen LogP contribution in [0.5, 0.6) is 0 Å². The first-order valence-corrected chi connectivity index (χ1v) is 20.3. The average molecular weight is 723 g/mol. The first-order chi connectivity index (χ1) is 25.0. The monoisotopic (exact) mass is 722 g/mol. The van der Waals surface area contributed by atoms with Crippen molar-refractivity contribution < 1.29 is 24.6 Å². The Hall–Kier alpha value is -3.45. The summed E-state index contributed by atoms with van der Waals surface area (Å²) in [5, 5.41) is 26.9. The van der Waals surface area contributed by atoms with Crippen LogP contribution in [0.25, 0.3) is 0 Å². The van der Waals surface area contributed by atoms with Crippen molar-refractivity contribution >= 4 is 17.8 Å². The molecule has 5 fully saturated rings. The minimum Gasteiger partial charge on any atom is -0.478 e. The van der Waals surface area contributed by atoms with E-state index in [1.807, 2.05) is 18.2 Å². The molecule has 10 atom stereocenters. The Morgan fingerprint density at radius 3 is 2.28 bits per heavy atom. The van der Waals surface area contributed by atoms with E-state index in [0.717, 1.165) is 50.5 Å². The maximum absolute atomic E-state index is 14.7. The fourth-order valence-corrected chi connectivity index (χ4v) is 13.9. The molecule has 53 heavy (non-hydrogen) atoms. The number of amides is 2. The van der Waals surface area contributed by atoms with Crippen molar-refractivity contribution in [3.05, 3.63) is 82.9 Å². The van der Waals surface area contributed by atoms with Gasteiger partial charge in [0.15, 0.2) is 0 Å². The number of fused-ring (bicyclic) bond motifs is 7. The molecule has 2 unspecified atom stereocenters. The van der Waals surface area contributed by atoms with Crippen molar-refractivity contribution in [3.63, 3.8) is 0 Å². The number of aliphatic hydroxyl groups excluding tert-OH is 1. The summed E-state index contributed by atoms with van der Waals surface area (Å²) < 4.78 is 0. The van der Waals surface area contributed by atoms with Crippen molar-refractivity contribution in [2.75, 3.05) is 0 Å². The smallest absolute Gasteiger partial charge is 0.336 e. The predicted molar refractivity (Wildman–Crippen MR) is 208 cm³/mol. The molecule has 0 aliphatic heterocycles. The van der Waals surface area contributed by atoms with Gasteiger partial charge in [0, 0.05) is 18.7 Å². The highest BCUT2D eigenvalue weighted by atomic mass is 16.4. The second-order valence-electron chi connectivity index (χ2n) is 19.2. The molecule has 2 amide bonds. The number of aliphatic hydroxyl groups is 1. The first-order valence-electron chi connectivity index (χ1n) is 20.3. The minimum absolute atomic E-state index is 0.0696. The zero-order valence-electron chi connectivity index (χ0n) is 32.9. The van der Waals surface area contributed by atoms with Gasteiger partial charge in [-0.3, -0.25) is 9.59 Å². The number of nitrogens with one attached hydrogen (secondary N) is 2. The summed E-state index contributed by atoms with van der Waals surface area (Å²) in [5.41, 5.74) is 3.29. The maximum atomic E-state index is 14.7. The zero-order chi connectivity index (χ0) is 38.1. The molecule has 286 valence electrons. The van der Waals surface area contributed by atoms with Gasteiger partial charge in [-0.15, -0.1) is 0 Å². The molecule has 7 nitrogen and oxygen atoms in total. The Balaban J connectivity index is 1.09. The van der Waals surface area contributed by atoms with Crippen molar-refractivity contribution in [3.8, 4) is 0 Å². The molecule has 0 heterocycles. The molecule has 5 aliphatic carbocycles. The van der Waals surface area contributed by atoms with Crippen LogP contribution in [-0.2, 0) is 17.9 Å². The molecule has 5 saturated carbocycles. The number of hydrogen-bond donors (Lipinski definition) is 4. The van der Waals surface area contributed by atoms with Gasteiger partial charge in [0.05, 0.1) is 17.1 Å². The zero-order valence-corrected chi connectivity index (χ0v) is 32.9. The van der Waals surface area contributed by atoms with E-state index in [2.05, 4.69) is 58.8 Å². The second kappa shape index (κ2) is 13.4. The van der Waals surface area contributed by atoms with E-state index in [4.69, 9.17) is 0 Å². The molecular weight excluding hydrogens is 661 g/mol. The Morgan fingerprint density at radius 2 is 1.55 bits per heavy atom. The molecule has 7 rings (SSSR count). The third-order valence-corrected chi connectivity index (χ3v) is 16.8. The van der Waals surface area contributed by atoms with E-state index in [1.54, 1.807) is 24.3 Å². The fraction of sp³-hybridized carbons (Fsp3) is 0.630. The largest absolute Gasteiger partial charge is 0.478 e. The van der Waals surface area contributed by atoms with Crippen LogP contribution in [0.1, 0.15) is 138 Å². The van der Waals surface area contributed by atoms with Gasteiger partial charge in [-0.1, -0.05) is 77.1 Å². The summed E-state index contributed by atoms with van der Waals surface area (Å²) in [5.74, 6) is 1.03. The van der Waals surface area contributed by atoms with Crippen molar-refractivity contribution in [2.24, 2.45) is 56.7 Å². The van der Waals surface area contributed by atoms with E-state index in [-0.39, 0.29) is 57.6 Å². The lowest BCUT2D eigenvalue weighted by molar-refractivity contribution is -0.246. The van der Waals surface area contributed by atoms with Crippen LogP contribution in [0.2, 0.25) is 0 Å². The minimum atomic E-state index is -1.03. The lowest BCUT2D eigenvalue weighted by Gasteiger charge is -2.72. The fourth-order valence-electron chi connectivity index (χ4n) is 13.9. The van der Waals surface area contributed by atoms with Crippen LogP contribution in [0, 0.1) is 56.7 Å². The summed E-state index contributed by atoms with van der Waals surface area (Å²) >= 11 is 0. The van der Waals surface area contributed by atoms with Gasteiger partial charge in [0.25, 0.3) is 5.91 Å². The summed E-state index contributed by atoms with van der Waals surface area (Å²) in [6.07, 6.45) is 10.3. The predicted octanol–water partition coefficient (Wildman–Crippen LogP) is 8.95. The van der Waals surface area contributed by atoms with Gasteiger partial charge in [-0.25, -0.2) is 4.79 Å². The maximum Gasteiger partial charge on any atom is 0.336 e. The summed E-state index contributed by atoms with van der Waals surface area (Å²) in [6.45, 7) is 19.6. The van der Waals surface area contributed by atoms with E-state index in [1.165, 1.54) is 30.9 Å². The topological polar surface area (TPSA) is 116 Å². The number of carboxylic acid groups (broad SMARTS) is 1. The Labute approximate surface area is 316 Å². The van der Waals surface area contributed by atoms with Crippen LogP contribution in [0.3, 0.4) is 0 Å². The van der Waals surface area contributed by atoms with Gasteiger partial charge in [0.2, 0.25) is 5.91 Å². The molecule has 5 aliphatic rings. The van der Waals surface area contributed by atoms with Crippen LogP contribution in [-0.4, -0.2) is 34.1 Å². The third kappa shape index (κ3) is 5.81. The number of rotatable bonds is 8. The number of aromatic carboxylic acids is 1. The number of benzene rings is 2. The van der Waals surface area contributed by atoms with Crippen LogP contribution < -0.4 is 10.6 Å². The molecule has 0 bridgehead atoms. The van der Waals surface area contributed by atoms with Crippen molar-refractivity contribution in [1.29, 1.82) is 0 Å². The first kappa shape index (κ1) is 37.8. The van der Waals surface area contributed by atoms with Crippen LogP contribution in [0.15, 0.2) is 60.7 Å². The van der Waals surface area contributed by atoms with Gasteiger partial charge in [-0.2, -0.15) is 0 Å². The molecule has 0 saturated heterocycles. The number of allylic oxidation sites excluding steroid dienone is 1. The molecule has 0 aromatic heterocycles. The van der Waals surface area contributed by atoms with E-state index in [9.17, 15) is 24.6 Å². The van der Waals surface area contributed by atoms with Gasteiger partial charge in [0.1, 0.15) is 0 Å². The Bertz CT molecular complexity index is 1800. The average Bonchev–Trinajstić information content (AvgIpc) is 3.53. The third-order valence-electron chi connectivity index (χ3n) is 16.8. The van der Waals surface area contributed by atoms with Crippen molar-refractivity contribution in [2.45, 2.75) is 125 Å². The van der Waals surface area contributed by atoms with Crippen LogP contribution >= 0.6 is 0 Å². The highest BCUT2D eigenvalue weighted by Crippen LogP contribution is 2.77. The summed E-state index contributed by atoms with van der Waals surface area (Å²) in [7, 11) is 0. The van der Waals surface area contributed by atoms with Gasteiger partial charge >= 0.3 is 5.97 Å². The molecule has 0 radical (unpaired) electrons. The van der Waals surface area contributed by atoms with E-state index < -0.39 is 11.4 Å². The normalized spacial score (nSPS) is 38.3. The summed E-state index contributed by atoms with van der Waals surface area (Å²) in [6, 6.07) is 14.0. The lowest BCUT2D eigenvalue weighted by atomic mass is 9.32. The molecule has 2 aromatic rings. The lowest BCUT2D eigenvalue weighted by Crippen LogP contribution is -2.67. The number of carboxylic acids is 1.